The third-order valence-corrected chi connectivity index (χ3v) is 1.85. The van der Waals surface area contributed by atoms with Crippen molar-refractivity contribution in [2.24, 2.45) is 0 Å². The largest absolute Gasteiger partial charge is 0.466 e. The van der Waals surface area contributed by atoms with E-state index in [1.807, 2.05) is 0 Å². The summed E-state index contributed by atoms with van der Waals surface area (Å²) in [5.41, 5.74) is 0. The molecule has 0 aromatic heterocycles. The zero-order valence-corrected chi connectivity index (χ0v) is 11.3. The molecule has 1 saturated carbocycles. The Morgan fingerprint density at radius 2 is 1.38 bits per heavy atom. The van der Waals surface area contributed by atoms with E-state index in [-0.39, 0.29) is 12.1 Å². The van der Waals surface area contributed by atoms with Crippen molar-refractivity contribution in [3.63, 3.8) is 0 Å². The van der Waals surface area contributed by atoms with Crippen LogP contribution in [0.2, 0.25) is 0 Å². The molecule has 0 saturated heterocycles. The van der Waals surface area contributed by atoms with Gasteiger partial charge in [0.25, 0.3) is 0 Å². The van der Waals surface area contributed by atoms with Crippen LogP contribution in [0.1, 0.15) is 66.2 Å². The van der Waals surface area contributed by atoms with E-state index in [0.29, 0.717) is 6.61 Å². The maximum absolute atomic E-state index is 9.82. The van der Waals surface area contributed by atoms with Gasteiger partial charge in [-0.1, -0.05) is 38.5 Å². The fourth-order valence-electron chi connectivity index (χ4n) is 1.26. The number of esters is 1. The summed E-state index contributed by atoms with van der Waals surface area (Å²) in [5, 5.41) is 8.06. The van der Waals surface area contributed by atoms with Crippen LogP contribution >= 0.6 is 0 Å². The van der Waals surface area contributed by atoms with Gasteiger partial charge in [0, 0.05) is 13.0 Å². The Balaban J connectivity index is 0. The highest BCUT2D eigenvalue weighted by molar-refractivity contribution is 5.65. The molecule has 0 aliphatic heterocycles. The fourth-order valence-corrected chi connectivity index (χ4v) is 1.26. The van der Waals surface area contributed by atoms with Gasteiger partial charge in [-0.05, 0) is 20.8 Å². The van der Waals surface area contributed by atoms with E-state index in [1.165, 1.54) is 45.4 Å². The van der Waals surface area contributed by atoms with E-state index in [2.05, 4.69) is 4.74 Å². The predicted molar refractivity (Wildman–Crippen MR) is 67.4 cm³/mol. The summed E-state index contributed by atoms with van der Waals surface area (Å²) in [6.45, 7) is 7.10. The number of aliphatic hydroxyl groups is 1. The molecule has 0 heterocycles. The lowest BCUT2D eigenvalue weighted by Gasteiger charge is -2.05. The van der Waals surface area contributed by atoms with E-state index in [4.69, 9.17) is 5.11 Å². The Morgan fingerprint density at radius 3 is 1.44 bits per heavy atom. The van der Waals surface area contributed by atoms with Crippen molar-refractivity contribution in [2.45, 2.75) is 72.3 Å². The van der Waals surface area contributed by atoms with Crippen LogP contribution in [0.5, 0.6) is 0 Å². The molecule has 1 N–H and O–H groups in total. The summed E-state index contributed by atoms with van der Waals surface area (Å²) < 4.78 is 4.40. The van der Waals surface area contributed by atoms with Gasteiger partial charge < -0.3 is 9.84 Å². The Bertz CT molecular complexity index is 126. The third kappa shape index (κ3) is 29.2. The first kappa shape index (κ1) is 17.8. The van der Waals surface area contributed by atoms with Crippen molar-refractivity contribution < 1.29 is 14.6 Å². The summed E-state index contributed by atoms with van der Waals surface area (Å²) in [4.78, 5) is 9.82. The molecule has 0 spiro atoms. The highest BCUT2D eigenvalue weighted by atomic mass is 16.5. The lowest BCUT2D eigenvalue weighted by atomic mass is 10.0. The number of aliphatic hydroxyl groups excluding tert-OH is 1. The lowest BCUT2D eigenvalue weighted by Crippen LogP contribution is -1.95. The van der Waals surface area contributed by atoms with E-state index in [1.54, 1.807) is 20.8 Å². The molecule has 1 aliphatic carbocycles. The lowest BCUT2D eigenvalue weighted by molar-refractivity contribution is -0.140. The van der Waals surface area contributed by atoms with Crippen LogP contribution in [0.15, 0.2) is 0 Å². The first-order chi connectivity index (χ1) is 7.50. The number of rotatable bonds is 1. The van der Waals surface area contributed by atoms with Crippen molar-refractivity contribution in [3.05, 3.63) is 0 Å². The topological polar surface area (TPSA) is 46.5 Å². The number of hydrogen-bond donors (Lipinski definition) is 1. The van der Waals surface area contributed by atoms with Crippen LogP contribution in [0.25, 0.3) is 0 Å². The van der Waals surface area contributed by atoms with Gasteiger partial charge in [0.05, 0.1) is 6.61 Å². The summed E-state index contributed by atoms with van der Waals surface area (Å²) in [5.74, 6) is -0.211. The maximum atomic E-state index is 9.82. The van der Waals surface area contributed by atoms with Gasteiger partial charge >= 0.3 is 5.97 Å². The van der Waals surface area contributed by atoms with Crippen molar-refractivity contribution >= 4 is 5.97 Å². The van der Waals surface area contributed by atoms with E-state index < -0.39 is 0 Å². The summed E-state index contributed by atoms with van der Waals surface area (Å²) in [6.07, 6.45) is 8.83. The Hall–Kier alpha value is -0.570. The molecular weight excluding hydrogens is 204 g/mol. The smallest absolute Gasteiger partial charge is 0.302 e. The van der Waals surface area contributed by atoms with E-state index in [0.717, 1.165) is 0 Å². The van der Waals surface area contributed by atoms with Crippen LogP contribution in [0.4, 0.5) is 0 Å². The predicted octanol–water partition coefficient (Wildman–Crippen LogP) is 3.30. The molecular formula is C13H28O3. The van der Waals surface area contributed by atoms with E-state index >= 15 is 0 Å². The second-order valence-electron chi connectivity index (χ2n) is 4.14. The van der Waals surface area contributed by atoms with Gasteiger partial charge in [-0.2, -0.15) is 0 Å². The van der Waals surface area contributed by atoms with Crippen LogP contribution in [-0.4, -0.2) is 23.8 Å². The molecule has 16 heavy (non-hydrogen) atoms. The van der Waals surface area contributed by atoms with Crippen LogP contribution in [0.3, 0.4) is 0 Å². The van der Waals surface area contributed by atoms with E-state index in [9.17, 15) is 4.79 Å². The first-order valence-corrected chi connectivity index (χ1v) is 6.32. The van der Waals surface area contributed by atoms with Gasteiger partial charge in [0.15, 0.2) is 0 Å². The first-order valence-electron chi connectivity index (χ1n) is 6.32. The molecule has 0 bridgehead atoms. The SMILES string of the molecule is C1CCCCC1.CC(C)O.CCOC(C)=O. The number of ether oxygens (including phenoxy) is 1. The summed E-state index contributed by atoms with van der Waals surface area (Å²) >= 11 is 0. The normalized spacial score (nSPS) is 14.1. The monoisotopic (exact) mass is 232 g/mol. The van der Waals surface area contributed by atoms with Crippen molar-refractivity contribution in [2.75, 3.05) is 6.61 Å². The quantitative estimate of drug-likeness (QED) is 0.706. The average Bonchev–Trinajstić information content (AvgIpc) is 2.20. The van der Waals surface area contributed by atoms with Gasteiger partial charge in [-0.3, -0.25) is 4.79 Å². The molecule has 0 unspecified atom stereocenters. The molecule has 0 atom stereocenters. The second kappa shape index (κ2) is 14.4. The van der Waals surface area contributed by atoms with Crippen LogP contribution in [-0.2, 0) is 9.53 Å². The Kier molecular flexibility index (Phi) is 16.1. The molecule has 98 valence electrons. The maximum Gasteiger partial charge on any atom is 0.302 e. The molecule has 1 fully saturated rings. The molecule has 3 nitrogen and oxygen atoms in total. The van der Waals surface area contributed by atoms with Crippen LogP contribution in [0, 0.1) is 0 Å². The van der Waals surface area contributed by atoms with Gasteiger partial charge in [-0.15, -0.1) is 0 Å². The molecule has 3 heteroatoms. The zero-order chi connectivity index (χ0) is 12.8. The average molecular weight is 232 g/mol. The Labute approximate surface area is 100 Å². The van der Waals surface area contributed by atoms with Crippen molar-refractivity contribution in [3.8, 4) is 0 Å². The summed E-state index contributed by atoms with van der Waals surface area (Å²) in [6, 6.07) is 0. The van der Waals surface area contributed by atoms with Crippen molar-refractivity contribution in [1.29, 1.82) is 0 Å². The van der Waals surface area contributed by atoms with Gasteiger partial charge in [-0.25, -0.2) is 0 Å². The Morgan fingerprint density at radius 1 is 1.12 bits per heavy atom. The highest BCUT2D eigenvalue weighted by Gasteiger charge is 1.95. The van der Waals surface area contributed by atoms with Crippen molar-refractivity contribution in [1.82, 2.24) is 0 Å². The molecule has 0 radical (unpaired) electrons. The van der Waals surface area contributed by atoms with Crippen LogP contribution < -0.4 is 0 Å². The van der Waals surface area contributed by atoms with Gasteiger partial charge in [0.2, 0.25) is 0 Å². The van der Waals surface area contributed by atoms with Gasteiger partial charge in [0.1, 0.15) is 0 Å². The molecule has 0 aromatic carbocycles. The molecule has 1 aliphatic rings. The molecule has 1 rings (SSSR count). The number of carbonyl (C=O) groups is 1. The standard InChI is InChI=1S/C6H12.C4H8O2.C3H8O/c1-2-4-6-5-3-1;1-3-6-4(2)5;1-3(2)4/h1-6H2;3H2,1-2H3;3-4H,1-2H3. The highest BCUT2D eigenvalue weighted by Crippen LogP contribution is 2.15. The molecule has 0 aromatic rings. The zero-order valence-electron chi connectivity index (χ0n) is 11.3. The number of hydrogen-bond acceptors (Lipinski definition) is 3. The molecule has 0 amide bonds. The summed E-state index contributed by atoms with van der Waals surface area (Å²) in [7, 11) is 0. The minimum absolute atomic E-state index is 0.167. The number of carbonyl (C=O) groups excluding carboxylic acids is 1. The minimum Gasteiger partial charge on any atom is -0.466 e. The second-order valence-corrected chi connectivity index (χ2v) is 4.14. The third-order valence-electron chi connectivity index (χ3n) is 1.85. The fraction of sp³-hybridized carbons (Fsp3) is 0.923. The minimum atomic E-state index is -0.211.